The molecule has 0 aromatic carbocycles. The fourth-order valence-electron chi connectivity index (χ4n) is 3.12. The maximum atomic E-state index is 4.98. The Hall–Kier alpha value is -0.830. The molecule has 1 aliphatic carbocycles. The van der Waals surface area contributed by atoms with Gasteiger partial charge in [0.25, 0.3) is 0 Å². The van der Waals surface area contributed by atoms with Crippen molar-refractivity contribution in [3.63, 3.8) is 0 Å². The lowest BCUT2D eigenvalue weighted by Gasteiger charge is -2.33. The van der Waals surface area contributed by atoms with Gasteiger partial charge in [-0.15, -0.1) is 0 Å². The minimum absolute atomic E-state index is 0.260. The fraction of sp³-hybridized carbons (Fsp3) is 0.800. The fourth-order valence-corrected chi connectivity index (χ4v) is 3.12. The van der Waals surface area contributed by atoms with Gasteiger partial charge in [-0.3, -0.25) is 0 Å². The molecular formula is C15H25N3. The van der Waals surface area contributed by atoms with Gasteiger partial charge < -0.3 is 9.88 Å². The van der Waals surface area contributed by atoms with Crippen molar-refractivity contribution in [2.75, 3.05) is 6.54 Å². The third-order valence-electron chi connectivity index (χ3n) is 4.92. The Bertz CT molecular complexity index is 439. The molecule has 1 aromatic rings. The van der Waals surface area contributed by atoms with Crippen LogP contribution in [0, 0.1) is 0 Å². The molecule has 1 N–H and O–H groups in total. The highest BCUT2D eigenvalue weighted by Gasteiger charge is 2.37. The third-order valence-corrected chi connectivity index (χ3v) is 4.92. The van der Waals surface area contributed by atoms with Gasteiger partial charge in [0.1, 0.15) is 5.82 Å². The van der Waals surface area contributed by atoms with E-state index < -0.39 is 0 Å². The molecule has 0 saturated heterocycles. The second-order valence-electron chi connectivity index (χ2n) is 6.10. The number of hydrogen-bond donors (Lipinski definition) is 1. The number of rotatable bonds is 4. The van der Waals surface area contributed by atoms with Crippen molar-refractivity contribution in [1.29, 1.82) is 0 Å². The molecule has 1 aromatic heterocycles. The van der Waals surface area contributed by atoms with Crippen molar-refractivity contribution in [3.8, 4) is 0 Å². The smallest absolute Gasteiger partial charge is 0.112 e. The Morgan fingerprint density at radius 3 is 2.67 bits per heavy atom. The van der Waals surface area contributed by atoms with E-state index in [1.54, 1.807) is 0 Å². The van der Waals surface area contributed by atoms with Crippen LogP contribution in [0.3, 0.4) is 0 Å². The predicted molar refractivity (Wildman–Crippen MR) is 73.8 cm³/mol. The highest BCUT2D eigenvalue weighted by molar-refractivity contribution is 5.26. The van der Waals surface area contributed by atoms with E-state index in [1.165, 1.54) is 42.9 Å². The minimum Gasteiger partial charge on any atom is -0.326 e. The normalized spacial score (nSPS) is 19.9. The number of nitrogens with zero attached hydrogens (tertiary/aromatic N) is 2. The number of fused-ring (bicyclic) bond motifs is 1. The Morgan fingerprint density at radius 1 is 1.33 bits per heavy atom. The summed E-state index contributed by atoms with van der Waals surface area (Å²) in [7, 11) is 0. The average molecular weight is 247 g/mol. The summed E-state index contributed by atoms with van der Waals surface area (Å²) >= 11 is 0. The van der Waals surface area contributed by atoms with Gasteiger partial charge in [0.15, 0.2) is 0 Å². The molecule has 0 atom stereocenters. The number of imidazole rings is 1. The van der Waals surface area contributed by atoms with Gasteiger partial charge in [0.2, 0.25) is 0 Å². The van der Waals surface area contributed by atoms with E-state index in [-0.39, 0.29) is 5.54 Å². The molecule has 0 radical (unpaired) electrons. The van der Waals surface area contributed by atoms with Crippen LogP contribution < -0.4 is 5.32 Å². The lowest BCUT2D eigenvalue weighted by Crippen LogP contribution is -2.34. The van der Waals surface area contributed by atoms with Crippen LogP contribution in [-0.4, -0.2) is 16.1 Å². The first-order chi connectivity index (χ1) is 8.69. The molecule has 3 nitrogen and oxygen atoms in total. The van der Waals surface area contributed by atoms with Gasteiger partial charge in [-0.2, -0.15) is 0 Å². The maximum Gasteiger partial charge on any atom is 0.112 e. The molecule has 18 heavy (non-hydrogen) atoms. The minimum atomic E-state index is 0.260. The zero-order valence-electron chi connectivity index (χ0n) is 11.9. The van der Waals surface area contributed by atoms with Crippen molar-refractivity contribution in [1.82, 2.24) is 14.9 Å². The third kappa shape index (κ3) is 1.80. The van der Waals surface area contributed by atoms with Crippen molar-refractivity contribution < 1.29 is 0 Å². The summed E-state index contributed by atoms with van der Waals surface area (Å²) in [4.78, 5) is 4.98. The summed E-state index contributed by atoms with van der Waals surface area (Å²) in [5.41, 5.74) is 3.09. The number of hydrogen-bond acceptors (Lipinski definition) is 2. The van der Waals surface area contributed by atoms with Crippen LogP contribution in [-0.2, 0) is 18.5 Å². The first-order valence-corrected chi connectivity index (χ1v) is 7.51. The molecule has 0 amide bonds. The summed E-state index contributed by atoms with van der Waals surface area (Å²) in [6, 6.07) is 0. The summed E-state index contributed by atoms with van der Waals surface area (Å²) < 4.78 is 2.63. The Kier molecular flexibility index (Phi) is 2.97. The van der Waals surface area contributed by atoms with Gasteiger partial charge in [0.05, 0.1) is 5.69 Å². The highest BCUT2D eigenvalue weighted by atomic mass is 15.2. The van der Waals surface area contributed by atoms with Crippen LogP contribution in [0.5, 0.6) is 0 Å². The topological polar surface area (TPSA) is 29.9 Å². The molecule has 2 heterocycles. The molecule has 1 aliphatic heterocycles. The van der Waals surface area contributed by atoms with Crippen molar-refractivity contribution in [3.05, 3.63) is 17.2 Å². The molecule has 1 fully saturated rings. The van der Waals surface area contributed by atoms with E-state index >= 15 is 0 Å². The predicted octanol–water partition coefficient (Wildman–Crippen LogP) is 2.94. The summed E-state index contributed by atoms with van der Waals surface area (Å²) in [5.74, 6) is 2.13. The number of nitrogens with one attached hydrogen (secondary N) is 1. The Labute approximate surface area is 110 Å². The quantitative estimate of drug-likeness (QED) is 0.886. The van der Waals surface area contributed by atoms with Crippen LogP contribution in [0.25, 0.3) is 0 Å². The summed E-state index contributed by atoms with van der Waals surface area (Å²) in [5, 5.41) is 3.45. The second kappa shape index (κ2) is 4.37. The number of aromatic nitrogens is 2. The SMILES string of the molecule is CCC(C)(CC)n1c(C2CC2)nc2c1CCNC2. The summed E-state index contributed by atoms with van der Waals surface area (Å²) in [6.45, 7) is 9.10. The zero-order valence-corrected chi connectivity index (χ0v) is 11.9. The van der Waals surface area contributed by atoms with Gasteiger partial charge in [0, 0.05) is 36.7 Å². The van der Waals surface area contributed by atoms with E-state index in [0.717, 1.165) is 25.4 Å². The summed E-state index contributed by atoms with van der Waals surface area (Å²) in [6.07, 6.45) is 6.21. The van der Waals surface area contributed by atoms with Gasteiger partial charge in [-0.1, -0.05) is 13.8 Å². The van der Waals surface area contributed by atoms with Gasteiger partial charge in [-0.05, 0) is 32.6 Å². The molecule has 0 bridgehead atoms. The van der Waals surface area contributed by atoms with Gasteiger partial charge >= 0.3 is 0 Å². The van der Waals surface area contributed by atoms with E-state index in [1.807, 2.05) is 0 Å². The largest absolute Gasteiger partial charge is 0.326 e. The maximum absolute atomic E-state index is 4.98. The van der Waals surface area contributed by atoms with Crippen molar-refractivity contribution >= 4 is 0 Å². The van der Waals surface area contributed by atoms with Crippen LogP contribution in [0.2, 0.25) is 0 Å². The molecule has 2 aliphatic rings. The molecular weight excluding hydrogens is 222 g/mol. The van der Waals surface area contributed by atoms with E-state index in [4.69, 9.17) is 4.98 Å². The first kappa shape index (κ1) is 12.2. The average Bonchev–Trinajstić information content (AvgIpc) is 3.18. The van der Waals surface area contributed by atoms with Crippen molar-refractivity contribution in [2.45, 2.75) is 70.9 Å². The first-order valence-electron chi connectivity index (χ1n) is 7.51. The van der Waals surface area contributed by atoms with E-state index in [9.17, 15) is 0 Å². The lowest BCUT2D eigenvalue weighted by molar-refractivity contribution is 0.275. The highest BCUT2D eigenvalue weighted by Crippen LogP contribution is 2.43. The molecule has 3 heteroatoms. The monoisotopic (exact) mass is 247 g/mol. The molecule has 100 valence electrons. The Morgan fingerprint density at radius 2 is 2.06 bits per heavy atom. The van der Waals surface area contributed by atoms with E-state index in [0.29, 0.717) is 0 Å². The standard InChI is InChI=1S/C15H25N3/c1-4-15(3,5-2)18-13-8-9-16-10-12(13)17-14(18)11-6-7-11/h11,16H,4-10H2,1-3H3. The molecule has 1 saturated carbocycles. The molecule has 0 spiro atoms. The lowest BCUT2D eigenvalue weighted by atomic mass is 9.93. The van der Waals surface area contributed by atoms with Gasteiger partial charge in [-0.25, -0.2) is 4.98 Å². The van der Waals surface area contributed by atoms with Crippen LogP contribution in [0.1, 0.15) is 69.6 Å². The zero-order chi connectivity index (χ0) is 12.8. The van der Waals surface area contributed by atoms with E-state index in [2.05, 4.69) is 30.7 Å². The van der Waals surface area contributed by atoms with Crippen LogP contribution in [0.15, 0.2) is 0 Å². The van der Waals surface area contributed by atoms with Crippen molar-refractivity contribution in [2.24, 2.45) is 0 Å². The van der Waals surface area contributed by atoms with Crippen LogP contribution in [0.4, 0.5) is 0 Å². The molecule has 3 rings (SSSR count). The second-order valence-corrected chi connectivity index (χ2v) is 6.10. The Balaban J connectivity index is 2.12. The molecule has 0 unspecified atom stereocenters. The van der Waals surface area contributed by atoms with Crippen LogP contribution >= 0.6 is 0 Å².